The molecule has 0 radical (unpaired) electrons. The van der Waals surface area contributed by atoms with E-state index in [-0.39, 0.29) is 34.7 Å². The molecule has 1 aliphatic rings. The van der Waals surface area contributed by atoms with Crippen molar-refractivity contribution in [3.05, 3.63) is 34.6 Å². The van der Waals surface area contributed by atoms with Crippen LogP contribution in [-0.4, -0.2) is 48.1 Å². The van der Waals surface area contributed by atoms with Gasteiger partial charge in [-0.15, -0.1) is 0 Å². The van der Waals surface area contributed by atoms with Crippen molar-refractivity contribution in [2.45, 2.75) is 19.4 Å². The van der Waals surface area contributed by atoms with Crippen LogP contribution >= 0.6 is 11.6 Å². The number of carbonyl (C=O) groups excluding carboxylic acids is 1. The second kappa shape index (κ2) is 7.91. The predicted octanol–water partition coefficient (Wildman–Crippen LogP) is 2.43. The van der Waals surface area contributed by atoms with Gasteiger partial charge in [-0.2, -0.15) is 0 Å². The second-order valence-corrected chi connectivity index (χ2v) is 4.98. The van der Waals surface area contributed by atoms with Gasteiger partial charge in [-0.3, -0.25) is 4.99 Å². The van der Waals surface area contributed by atoms with Gasteiger partial charge in [0, 0.05) is 19.0 Å². The van der Waals surface area contributed by atoms with E-state index in [1.165, 1.54) is 12.4 Å². The fourth-order valence-corrected chi connectivity index (χ4v) is 2.16. The number of ether oxygens (including phenoxy) is 2. The molecular formula is C15H17ClN2O4. The molecule has 6 nitrogen and oxygen atoms in total. The molecule has 0 spiro atoms. The fraction of sp³-hybridized carbons (Fsp3) is 0.400. The lowest BCUT2D eigenvalue weighted by atomic mass is 10.1. The van der Waals surface area contributed by atoms with Crippen LogP contribution in [0.25, 0.3) is 5.76 Å². The zero-order valence-electron chi connectivity index (χ0n) is 12.2. The number of aromatic nitrogens is 1. The highest BCUT2D eigenvalue weighted by molar-refractivity contribution is 6.31. The molecule has 2 heterocycles. The van der Waals surface area contributed by atoms with Gasteiger partial charge in [0.05, 0.1) is 24.8 Å². The third kappa shape index (κ3) is 4.05. The summed E-state index contributed by atoms with van der Waals surface area (Å²) >= 11 is 5.95. The quantitative estimate of drug-likeness (QED) is 0.296. The van der Waals surface area contributed by atoms with Crippen LogP contribution in [0.4, 0.5) is 0 Å². The highest BCUT2D eigenvalue weighted by Crippen LogP contribution is 2.22. The minimum Gasteiger partial charge on any atom is -0.506 e. The van der Waals surface area contributed by atoms with Crippen molar-refractivity contribution in [2.75, 3.05) is 19.8 Å². The molecule has 1 aliphatic heterocycles. The third-order valence-electron chi connectivity index (χ3n) is 3.08. The summed E-state index contributed by atoms with van der Waals surface area (Å²) in [7, 11) is 0. The van der Waals surface area contributed by atoms with Crippen LogP contribution in [0.1, 0.15) is 18.9 Å². The Labute approximate surface area is 133 Å². The molecule has 1 fully saturated rings. The van der Waals surface area contributed by atoms with E-state index in [2.05, 4.69) is 9.98 Å². The molecule has 2 rings (SSSR count). The van der Waals surface area contributed by atoms with E-state index < -0.39 is 5.97 Å². The summed E-state index contributed by atoms with van der Waals surface area (Å²) in [6.07, 6.45) is 3.59. The largest absolute Gasteiger partial charge is 0.506 e. The number of nitrogens with zero attached hydrogens (tertiary/aromatic N) is 2. The first-order chi connectivity index (χ1) is 10.6. The Morgan fingerprint density at radius 2 is 2.50 bits per heavy atom. The molecule has 1 aromatic heterocycles. The minimum atomic E-state index is -0.664. The second-order valence-electron chi connectivity index (χ2n) is 4.62. The first-order valence-corrected chi connectivity index (χ1v) is 7.33. The molecule has 118 valence electrons. The summed E-state index contributed by atoms with van der Waals surface area (Å²) < 4.78 is 10.2. The number of carbonyl (C=O) groups is 1. The lowest BCUT2D eigenvalue weighted by Crippen LogP contribution is -2.13. The van der Waals surface area contributed by atoms with Gasteiger partial charge >= 0.3 is 5.97 Å². The van der Waals surface area contributed by atoms with E-state index >= 15 is 0 Å². The lowest BCUT2D eigenvalue weighted by molar-refractivity contribution is -0.137. The number of pyridine rings is 1. The lowest BCUT2D eigenvalue weighted by Gasteiger charge is -2.08. The molecule has 1 N–H and O–H groups in total. The molecule has 1 atom stereocenters. The molecule has 7 heteroatoms. The van der Waals surface area contributed by atoms with Crippen LogP contribution in [0, 0.1) is 0 Å². The number of esters is 1. The summed E-state index contributed by atoms with van der Waals surface area (Å²) in [5, 5.41) is 10.5. The Kier molecular flexibility index (Phi) is 5.91. The number of aliphatic imine (C=N–C) groups is 1. The maximum absolute atomic E-state index is 12.0. The highest BCUT2D eigenvalue weighted by Gasteiger charge is 2.20. The number of rotatable bonds is 5. The smallest absolute Gasteiger partial charge is 0.343 e. The Bertz CT molecular complexity index is 595. The first kappa shape index (κ1) is 16.5. The van der Waals surface area contributed by atoms with E-state index in [1.54, 1.807) is 19.1 Å². The summed E-state index contributed by atoms with van der Waals surface area (Å²) in [4.78, 5) is 20.2. The standard InChI is InChI=1S/C15H17ClN2O4/c1-2-22-15(20)12(8-18-10-5-7-21-9-10)13(19)11-4-3-6-17-14(11)16/h3-4,6,8,10,19H,2,5,7,9H2,1H3/t10-/m1/s1. The van der Waals surface area contributed by atoms with Crippen molar-refractivity contribution in [3.63, 3.8) is 0 Å². The van der Waals surface area contributed by atoms with Gasteiger partial charge in [0.2, 0.25) is 0 Å². The Balaban J connectivity index is 2.35. The SMILES string of the molecule is CCOC(=O)C(C=N[C@@H]1CCOC1)=C(O)c1cccnc1Cl. The minimum absolute atomic E-state index is 0.0263. The van der Waals surface area contributed by atoms with Gasteiger partial charge in [-0.1, -0.05) is 11.6 Å². The van der Waals surface area contributed by atoms with Crippen LogP contribution in [0.5, 0.6) is 0 Å². The molecule has 1 saturated heterocycles. The topological polar surface area (TPSA) is 81.0 Å². The molecular weight excluding hydrogens is 308 g/mol. The van der Waals surface area contributed by atoms with Gasteiger partial charge in [0.1, 0.15) is 16.5 Å². The van der Waals surface area contributed by atoms with Crippen molar-refractivity contribution in [1.82, 2.24) is 4.98 Å². The van der Waals surface area contributed by atoms with Gasteiger partial charge < -0.3 is 14.6 Å². The van der Waals surface area contributed by atoms with Gasteiger partial charge in [0.15, 0.2) is 0 Å². The number of aliphatic hydroxyl groups is 1. The monoisotopic (exact) mass is 324 g/mol. The average Bonchev–Trinajstić information content (AvgIpc) is 3.01. The van der Waals surface area contributed by atoms with E-state index in [0.29, 0.717) is 13.2 Å². The van der Waals surface area contributed by atoms with Gasteiger partial charge in [-0.25, -0.2) is 9.78 Å². The maximum atomic E-state index is 12.0. The Morgan fingerprint density at radius 3 is 3.14 bits per heavy atom. The van der Waals surface area contributed by atoms with Crippen LogP contribution in [-0.2, 0) is 14.3 Å². The van der Waals surface area contributed by atoms with E-state index in [0.717, 1.165) is 6.42 Å². The zero-order valence-corrected chi connectivity index (χ0v) is 12.9. The van der Waals surface area contributed by atoms with Crippen LogP contribution in [0.15, 0.2) is 28.9 Å². The summed E-state index contributed by atoms with van der Waals surface area (Å²) in [6, 6.07) is 3.15. The fourth-order valence-electron chi connectivity index (χ4n) is 1.95. The van der Waals surface area contributed by atoms with Crippen molar-refractivity contribution < 1.29 is 19.4 Å². The Hall–Kier alpha value is -1.92. The van der Waals surface area contributed by atoms with Crippen molar-refractivity contribution >= 4 is 29.5 Å². The van der Waals surface area contributed by atoms with Crippen LogP contribution < -0.4 is 0 Å². The maximum Gasteiger partial charge on any atom is 0.343 e. The van der Waals surface area contributed by atoms with E-state index in [1.807, 2.05) is 0 Å². The predicted molar refractivity (Wildman–Crippen MR) is 83.1 cm³/mol. The van der Waals surface area contributed by atoms with Crippen molar-refractivity contribution in [3.8, 4) is 0 Å². The van der Waals surface area contributed by atoms with Crippen LogP contribution in [0.2, 0.25) is 5.15 Å². The molecule has 0 aromatic carbocycles. The molecule has 0 aliphatic carbocycles. The van der Waals surface area contributed by atoms with Gasteiger partial charge in [0.25, 0.3) is 0 Å². The Morgan fingerprint density at radius 1 is 1.68 bits per heavy atom. The van der Waals surface area contributed by atoms with Crippen molar-refractivity contribution in [2.24, 2.45) is 4.99 Å². The zero-order chi connectivity index (χ0) is 15.9. The normalized spacial score (nSPS) is 19.3. The molecule has 0 bridgehead atoms. The number of halogens is 1. The van der Waals surface area contributed by atoms with E-state index in [4.69, 9.17) is 21.1 Å². The summed E-state index contributed by atoms with van der Waals surface area (Å²) in [5.74, 6) is -0.971. The van der Waals surface area contributed by atoms with Gasteiger partial charge in [-0.05, 0) is 25.5 Å². The van der Waals surface area contributed by atoms with E-state index in [9.17, 15) is 9.90 Å². The number of hydrogen-bond donors (Lipinski definition) is 1. The molecule has 0 saturated carbocycles. The third-order valence-corrected chi connectivity index (χ3v) is 3.39. The summed E-state index contributed by atoms with van der Waals surface area (Å²) in [5.41, 5.74) is 0.199. The molecule has 0 unspecified atom stereocenters. The molecule has 1 aromatic rings. The highest BCUT2D eigenvalue weighted by atomic mass is 35.5. The molecule has 22 heavy (non-hydrogen) atoms. The average molecular weight is 325 g/mol. The van der Waals surface area contributed by atoms with Crippen molar-refractivity contribution in [1.29, 1.82) is 0 Å². The number of hydrogen-bond acceptors (Lipinski definition) is 6. The first-order valence-electron chi connectivity index (χ1n) is 6.95. The molecule has 0 amide bonds. The summed E-state index contributed by atoms with van der Waals surface area (Å²) in [6.45, 7) is 3.02. The van der Waals surface area contributed by atoms with Crippen LogP contribution in [0.3, 0.4) is 0 Å². The number of aliphatic hydroxyl groups excluding tert-OH is 1.